The average Bonchev–Trinajstić information content (AvgIpc) is 3.52. The van der Waals surface area contributed by atoms with E-state index < -0.39 is 81.9 Å². The van der Waals surface area contributed by atoms with Gasteiger partial charge in [-0.15, -0.1) is 0 Å². The van der Waals surface area contributed by atoms with Crippen molar-refractivity contribution in [2.24, 2.45) is 11.3 Å². The number of H-pyrrole nitrogens is 1. The minimum Gasteiger partial charge on any atom is -0.388 e. The molecule has 2 aliphatic carbocycles. The molecular weight excluding hydrogens is 654 g/mol. The van der Waals surface area contributed by atoms with Crippen LogP contribution in [0, 0.1) is 11.3 Å². The largest absolute Gasteiger partial charge is 0.472 e. The summed E-state index contributed by atoms with van der Waals surface area (Å²) in [7, 11) is -6.93. The number of ether oxygens (including phenoxy) is 2. The van der Waals surface area contributed by atoms with Gasteiger partial charge >= 0.3 is 16.1 Å². The van der Waals surface area contributed by atoms with Crippen molar-refractivity contribution in [2.75, 3.05) is 31.8 Å². The third kappa shape index (κ3) is 4.05. The first-order valence-electron chi connectivity index (χ1n) is 13.9. The lowest BCUT2D eigenvalue weighted by Crippen LogP contribution is -2.51. The highest BCUT2D eigenvalue weighted by Gasteiger charge is 2.91. The minimum atomic E-state index is -4.92. The summed E-state index contributed by atoms with van der Waals surface area (Å²) in [5.41, 5.74) is 9.06. The number of nitrogens with zero attached hydrogens (tertiary/aromatic N) is 7. The molecule has 46 heavy (non-hydrogen) atoms. The fourth-order valence-electron chi connectivity index (χ4n) is 7.33. The van der Waals surface area contributed by atoms with Gasteiger partial charge in [0.05, 0.1) is 31.9 Å². The van der Waals surface area contributed by atoms with Crippen molar-refractivity contribution in [3.8, 4) is 0 Å². The van der Waals surface area contributed by atoms with Crippen molar-refractivity contribution in [3.63, 3.8) is 0 Å². The van der Waals surface area contributed by atoms with Crippen LogP contribution < -0.4 is 17.0 Å². The maximum Gasteiger partial charge on any atom is 0.472 e. The average molecular weight is 682 g/mol. The van der Waals surface area contributed by atoms with E-state index in [0.29, 0.717) is 11.2 Å². The summed E-state index contributed by atoms with van der Waals surface area (Å²) < 4.78 is 64.3. The van der Waals surface area contributed by atoms with Crippen LogP contribution >= 0.6 is 16.1 Å². The first-order valence-corrected chi connectivity index (χ1v) is 16.7. The van der Waals surface area contributed by atoms with Crippen molar-refractivity contribution in [1.29, 1.82) is 0 Å². The molecule has 4 fully saturated rings. The molecule has 8 rings (SSSR count). The number of nitrogens with two attached hydrogens (primary N) is 2. The monoisotopic (exact) mass is 682 g/mol. The molecule has 2 bridgehead atoms. The van der Waals surface area contributed by atoms with Gasteiger partial charge in [-0.1, -0.05) is 6.92 Å². The van der Waals surface area contributed by atoms with Crippen LogP contribution in [0.1, 0.15) is 19.2 Å². The Balaban J connectivity index is 1.13. The number of nitrogens with one attached hydrogen (secondary N) is 1. The number of phosphoric ester groups is 1. The number of hydrogen-bond acceptors (Lipinski definition) is 17. The zero-order valence-electron chi connectivity index (χ0n) is 24.0. The van der Waals surface area contributed by atoms with Gasteiger partial charge in [0.1, 0.15) is 41.9 Å². The summed E-state index contributed by atoms with van der Waals surface area (Å²) in [6.45, 7) is 0.837. The number of rotatable bonds is 3. The molecule has 23 heteroatoms. The zero-order valence-corrected chi connectivity index (χ0v) is 25.9. The van der Waals surface area contributed by atoms with Crippen LogP contribution in [0.5, 0.6) is 0 Å². The van der Waals surface area contributed by atoms with Crippen molar-refractivity contribution >= 4 is 50.2 Å². The SMILES string of the molecule is CO[C@H]1[C@H]2OP(=O)(O)OC[C@@]3(C)[C@H]4[C@@H](n5cnc6c(N)ncnc65)[C@H](O)[C@]43O[PH](=O)OC[C@H]1O[C@H]2n1cnc2c(=O)[nH]c(N)nc21. The number of aliphatic hydroxyl groups excluding tert-OH is 1. The van der Waals surface area contributed by atoms with Crippen LogP contribution in [0.2, 0.25) is 0 Å². The number of aliphatic hydroxyl groups is 1. The molecule has 246 valence electrons. The summed E-state index contributed by atoms with van der Waals surface area (Å²) in [6.07, 6.45) is -2.04. The summed E-state index contributed by atoms with van der Waals surface area (Å²) in [4.78, 5) is 46.4. The molecule has 2 saturated carbocycles. The van der Waals surface area contributed by atoms with Crippen molar-refractivity contribution < 1.29 is 46.7 Å². The molecule has 0 radical (unpaired) electrons. The maximum absolute atomic E-state index is 13.5. The van der Waals surface area contributed by atoms with Gasteiger partial charge in [-0.25, -0.2) is 24.5 Å². The van der Waals surface area contributed by atoms with E-state index in [4.69, 9.17) is 39.0 Å². The van der Waals surface area contributed by atoms with E-state index in [2.05, 4.69) is 29.9 Å². The van der Waals surface area contributed by atoms with Crippen LogP contribution in [0.25, 0.3) is 22.3 Å². The Morgan fingerprint density at radius 2 is 1.93 bits per heavy atom. The Bertz CT molecular complexity index is 2020. The van der Waals surface area contributed by atoms with Crippen molar-refractivity contribution in [2.45, 2.75) is 49.2 Å². The molecule has 21 nitrogen and oxygen atoms in total. The fourth-order valence-corrected chi connectivity index (χ4v) is 9.47. The number of methoxy groups -OCH3 is 1. The third-order valence-corrected chi connectivity index (χ3v) is 11.3. The summed E-state index contributed by atoms with van der Waals surface area (Å²) in [5, 5.41) is 11.5. The van der Waals surface area contributed by atoms with Crippen LogP contribution in [-0.2, 0) is 36.7 Å². The highest BCUT2D eigenvalue weighted by Crippen LogP contribution is 2.81. The smallest absolute Gasteiger partial charge is 0.388 e. The zero-order chi connectivity index (χ0) is 32.3. The lowest BCUT2D eigenvalue weighted by molar-refractivity contribution is -0.103. The van der Waals surface area contributed by atoms with Gasteiger partial charge < -0.3 is 44.6 Å². The minimum absolute atomic E-state index is 0.00563. The first kappa shape index (κ1) is 30.0. The molecule has 6 heterocycles. The molecule has 0 amide bonds. The van der Waals surface area contributed by atoms with Gasteiger partial charge in [0, 0.05) is 18.4 Å². The topological polar surface area (TPSA) is 289 Å². The molecule has 7 N–H and O–H groups in total. The van der Waals surface area contributed by atoms with E-state index in [1.807, 2.05) is 0 Å². The molecule has 2 aliphatic heterocycles. The number of nitrogen functional groups attached to an aromatic ring is 2. The Kier molecular flexibility index (Phi) is 6.57. The summed E-state index contributed by atoms with van der Waals surface area (Å²) in [5.74, 6) is -0.635. The summed E-state index contributed by atoms with van der Waals surface area (Å²) >= 11 is 0. The predicted octanol–water partition coefficient (Wildman–Crippen LogP) is -0.734. The highest BCUT2D eigenvalue weighted by atomic mass is 31.2. The van der Waals surface area contributed by atoms with Crippen molar-refractivity contribution in [3.05, 3.63) is 29.3 Å². The number of hydrogen-bond donors (Lipinski definition) is 5. The molecule has 1 spiro atoms. The molecule has 2 saturated heterocycles. The predicted molar refractivity (Wildman–Crippen MR) is 153 cm³/mol. The van der Waals surface area contributed by atoms with Gasteiger partial charge in [-0.3, -0.25) is 28.0 Å². The standard InChI is InChI=1S/C23H28N10O11P2/c1-22-4-41-46(37,38)43-13-12(39-2)8(42-20(13)33-7-29-10-18(33)30-21(25)31-19(10)35)3-40-45(36)44-23(22)14(22)11(15(23)34)32-6-28-9-16(24)26-5-27-17(9)32/h5-8,11-15,20,34,45H,3-4H2,1-2H3,(H,37,38)(H2,24,26,27)(H3,25,30,31,35)/t8-,11-,12-,13-,14-,15+,20-,22+,23-/m1/s1. The molecule has 4 aromatic heterocycles. The Labute approximate surface area is 257 Å². The molecule has 4 aliphatic rings. The molecule has 4 aromatic rings. The van der Waals surface area contributed by atoms with Crippen LogP contribution in [0.3, 0.4) is 0 Å². The lowest BCUT2D eigenvalue weighted by Gasteiger charge is -2.40. The van der Waals surface area contributed by atoms with Gasteiger partial charge in [0.2, 0.25) is 5.95 Å². The molecule has 2 unspecified atom stereocenters. The van der Waals surface area contributed by atoms with Crippen LogP contribution in [0.4, 0.5) is 11.8 Å². The van der Waals surface area contributed by atoms with Crippen molar-refractivity contribution in [1.82, 2.24) is 39.0 Å². The lowest BCUT2D eigenvalue weighted by atomic mass is 9.85. The number of aromatic nitrogens is 8. The van der Waals surface area contributed by atoms with E-state index in [0.717, 1.165) is 0 Å². The number of phosphoric acid groups is 1. The fraction of sp³-hybridized carbons (Fsp3) is 0.565. The van der Waals surface area contributed by atoms with E-state index in [1.165, 1.54) is 30.7 Å². The quantitative estimate of drug-likeness (QED) is 0.166. The van der Waals surface area contributed by atoms with E-state index in [1.54, 1.807) is 11.5 Å². The number of anilines is 2. The van der Waals surface area contributed by atoms with Gasteiger partial charge in [-0.2, -0.15) is 4.98 Å². The molecule has 0 aromatic carbocycles. The Hall–Kier alpha value is -3.36. The number of fused-ring (bicyclic) bond motifs is 5. The molecule has 11 atom stereocenters. The third-order valence-electron chi connectivity index (χ3n) is 9.45. The second-order valence-electron chi connectivity index (χ2n) is 11.7. The normalized spacial score (nSPS) is 40.8. The Morgan fingerprint density at radius 3 is 2.72 bits per heavy atom. The van der Waals surface area contributed by atoms with E-state index in [9.17, 15) is 23.9 Å². The van der Waals surface area contributed by atoms with Gasteiger partial charge in [0.15, 0.2) is 28.9 Å². The van der Waals surface area contributed by atoms with E-state index >= 15 is 0 Å². The van der Waals surface area contributed by atoms with E-state index in [-0.39, 0.29) is 29.5 Å². The maximum atomic E-state index is 13.5. The second kappa shape index (κ2) is 10.1. The Morgan fingerprint density at radius 1 is 1.17 bits per heavy atom. The van der Waals surface area contributed by atoms with Gasteiger partial charge in [-0.05, 0) is 0 Å². The van der Waals surface area contributed by atoms with Gasteiger partial charge in [0.25, 0.3) is 5.56 Å². The number of aromatic amines is 1. The second-order valence-corrected chi connectivity index (χ2v) is 14.1. The van der Waals surface area contributed by atoms with Crippen LogP contribution in [0.15, 0.2) is 23.8 Å². The van der Waals surface area contributed by atoms with Crippen LogP contribution in [-0.4, -0.2) is 99.4 Å². The first-order chi connectivity index (χ1) is 21.9. The molecular formula is C23H28N10O11P2. The number of imidazole rings is 2. The summed E-state index contributed by atoms with van der Waals surface area (Å²) in [6, 6.07) is -0.700. The highest BCUT2D eigenvalue weighted by molar-refractivity contribution is 7.47.